The van der Waals surface area contributed by atoms with Gasteiger partial charge >= 0.3 is 5.97 Å². The highest BCUT2D eigenvalue weighted by atomic mass is 19.1. The summed E-state index contributed by atoms with van der Waals surface area (Å²) >= 11 is 0. The van der Waals surface area contributed by atoms with E-state index in [1.54, 1.807) is 36.4 Å². The Bertz CT molecular complexity index is 905. The van der Waals surface area contributed by atoms with E-state index in [9.17, 15) is 9.18 Å². The maximum Gasteiger partial charge on any atom is 0.343 e. The van der Waals surface area contributed by atoms with Crippen molar-refractivity contribution >= 4 is 22.6 Å². The second kappa shape index (κ2) is 5.88. The molecule has 114 valence electrons. The number of halogens is 1. The van der Waals surface area contributed by atoms with Crippen LogP contribution in [0.15, 0.2) is 60.7 Å². The van der Waals surface area contributed by atoms with Gasteiger partial charge in [-0.3, -0.25) is 5.41 Å². The van der Waals surface area contributed by atoms with Crippen LogP contribution in [0.25, 0.3) is 10.8 Å². The Morgan fingerprint density at radius 3 is 2.22 bits per heavy atom. The van der Waals surface area contributed by atoms with Crippen LogP contribution in [0.5, 0.6) is 5.75 Å². The molecule has 3 aromatic carbocycles. The molecule has 3 rings (SSSR count). The number of carbonyl (C=O) groups is 1. The second-order valence-corrected chi connectivity index (χ2v) is 5.03. The fraction of sp³-hybridized carbons (Fsp3) is 0. The summed E-state index contributed by atoms with van der Waals surface area (Å²) in [7, 11) is 0. The quantitative estimate of drug-likeness (QED) is 0.336. The molecule has 0 unspecified atom stereocenters. The smallest absolute Gasteiger partial charge is 0.343 e. The number of benzene rings is 3. The van der Waals surface area contributed by atoms with E-state index in [1.807, 2.05) is 0 Å². The monoisotopic (exact) mass is 308 g/mol. The van der Waals surface area contributed by atoms with E-state index in [0.717, 1.165) is 10.8 Å². The molecule has 0 aliphatic heterocycles. The van der Waals surface area contributed by atoms with Gasteiger partial charge in [0.15, 0.2) is 0 Å². The van der Waals surface area contributed by atoms with Crippen LogP contribution in [0.2, 0.25) is 0 Å². The lowest BCUT2D eigenvalue weighted by atomic mass is 10.1. The lowest BCUT2D eigenvalue weighted by Gasteiger charge is -2.07. The molecular formula is C18H13FN2O2. The van der Waals surface area contributed by atoms with Crippen LogP contribution < -0.4 is 10.5 Å². The van der Waals surface area contributed by atoms with Gasteiger partial charge in [-0.25, -0.2) is 9.18 Å². The number of hydrogen-bond acceptors (Lipinski definition) is 3. The Morgan fingerprint density at radius 2 is 1.52 bits per heavy atom. The van der Waals surface area contributed by atoms with Crippen molar-refractivity contribution in [3.05, 3.63) is 77.6 Å². The Kier molecular flexibility index (Phi) is 3.76. The van der Waals surface area contributed by atoms with E-state index < -0.39 is 11.8 Å². The van der Waals surface area contributed by atoms with Crippen molar-refractivity contribution in [2.75, 3.05) is 0 Å². The topological polar surface area (TPSA) is 76.2 Å². The summed E-state index contributed by atoms with van der Waals surface area (Å²) < 4.78 is 18.2. The molecule has 0 spiro atoms. The van der Waals surface area contributed by atoms with E-state index in [4.69, 9.17) is 15.9 Å². The van der Waals surface area contributed by atoms with E-state index in [1.165, 1.54) is 24.3 Å². The molecule has 0 saturated carbocycles. The van der Waals surface area contributed by atoms with E-state index >= 15 is 0 Å². The van der Waals surface area contributed by atoms with Crippen LogP contribution >= 0.6 is 0 Å². The van der Waals surface area contributed by atoms with E-state index in [2.05, 4.69) is 0 Å². The van der Waals surface area contributed by atoms with Crippen molar-refractivity contribution in [1.29, 1.82) is 5.41 Å². The SMILES string of the molecule is N=C(N)c1ccc2cc(OC(=O)c3ccc(F)cc3)ccc2c1. The first-order chi connectivity index (χ1) is 11.0. The maximum atomic E-state index is 12.9. The van der Waals surface area contributed by atoms with Crippen LogP contribution in [0.4, 0.5) is 4.39 Å². The van der Waals surface area contributed by atoms with Crippen LogP contribution in [0.1, 0.15) is 15.9 Å². The highest BCUT2D eigenvalue weighted by Crippen LogP contribution is 2.23. The Labute approximate surface area is 131 Å². The number of carbonyl (C=O) groups excluding carboxylic acids is 1. The Hall–Kier alpha value is -3.21. The molecule has 0 aliphatic carbocycles. The minimum absolute atomic E-state index is 0.00119. The zero-order chi connectivity index (χ0) is 16.4. The predicted molar refractivity (Wildman–Crippen MR) is 86.3 cm³/mol. The summed E-state index contributed by atoms with van der Waals surface area (Å²) in [5.41, 5.74) is 6.37. The molecule has 5 heteroatoms. The average Bonchev–Trinajstić information content (AvgIpc) is 2.54. The fourth-order valence-corrected chi connectivity index (χ4v) is 2.21. The van der Waals surface area contributed by atoms with Crippen molar-refractivity contribution in [1.82, 2.24) is 0 Å². The van der Waals surface area contributed by atoms with Gasteiger partial charge < -0.3 is 10.5 Å². The first-order valence-electron chi connectivity index (χ1n) is 6.89. The number of ether oxygens (including phenoxy) is 1. The fourth-order valence-electron chi connectivity index (χ4n) is 2.21. The number of rotatable bonds is 3. The Balaban J connectivity index is 1.86. The van der Waals surface area contributed by atoms with Gasteiger partial charge in [-0.1, -0.05) is 18.2 Å². The minimum Gasteiger partial charge on any atom is -0.423 e. The number of hydrogen-bond donors (Lipinski definition) is 2. The third-order valence-electron chi connectivity index (χ3n) is 3.41. The molecule has 0 atom stereocenters. The molecule has 4 nitrogen and oxygen atoms in total. The third kappa shape index (κ3) is 3.18. The standard InChI is InChI=1S/C18H13FN2O2/c19-15-6-3-11(4-7-15)18(22)23-16-8-5-12-9-14(17(20)21)2-1-13(12)10-16/h1-10H,(H3,20,21). The molecule has 0 amide bonds. The number of fused-ring (bicyclic) bond motifs is 1. The second-order valence-electron chi connectivity index (χ2n) is 5.03. The normalized spacial score (nSPS) is 10.5. The Morgan fingerprint density at radius 1 is 0.913 bits per heavy atom. The summed E-state index contributed by atoms with van der Waals surface area (Å²) in [5.74, 6) is -0.570. The zero-order valence-electron chi connectivity index (χ0n) is 12.0. The summed E-state index contributed by atoms with van der Waals surface area (Å²) in [6.07, 6.45) is 0. The van der Waals surface area contributed by atoms with Gasteiger partial charge in [-0.15, -0.1) is 0 Å². The molecule has 0 saturated heterocycles. The molecule has 0 radical (unpaired) electrons. The summed E-state index contributed by atoms with van der Waals surface area (Å²) in [6, 6.07) is 15.7. The average molecular weight is 308 g/mol. The molecule has 0 fully saturated rings. The first kappa shape index (κ1) is 14.7. The summed E-state index contributed by atoms with van der Waals surface area (Å²) in [5, 5.41) is 9.19. The largest absolute Gasteiger partial charge is 0.423 e. The van der Waals surface area contributed by atoms with Crippen molar-refractivity contribution in [2.24, 2.45) is 5.73 Å². The molecule has 23 heavy (non-hydrogen) atoms. The lowest BCUT2D eigenvalue weighted by molar-refractivity contribution is 0.0735. The van der Waals surface area contributed by atoms with Gasteiger partial charge in [0, 0.05) is 5.56 Å². The van der Waals surface area contributed by atoms with Crippen molar-refractivity contribution in [3.63, 3.8) is 0 Å². The van der Waals surface area contributed by atoms with Crippen LogP contribution in [-0.4, -0.2) is 11.8 Å². The minimum atomic E-state index is -0.551. The summed E-state index contributed by atoms with van der Waals surface area (Å²) in [4.78, 5) is 12.0. The molecule has 0 aliphatic rings. The molecule has 3 N–H and O–H groups in total. The van der Waals surface area contributed by atoms with Gasteiger partial charge in [0.1, 0.15) is 17.4 Å². The maximum absolute atomic E-state index is 12.9. The van der Waals surface area contributed by atoms with E-state index in [0.29, 0.717) is 11.3 Å². The van der Waals surface area contributed by atoms with Crippen LogP contribution in [0, 0.1) is 11.2 Å². The van der Waals surface area contributed by atoms with Gasteiger partial charge in [-0.05, 0) is 53.2 Å². The molecule has 0 bridgehead atoms. The first-order valence-corrected chi connectivity index (χ1v) is 6.89. The molecular weight excluding hydrogens is 295 g/mol. The van der Waals surface area contributed by atoms with Crippen molar-refractivity contribution < 1.29 is 13.9 Å². The zero-order valence-corrected chi connectivity index (χ0v) is 12.0. The number of esters is 1. The van der Waals surface area contributed by atoms with Gasteiger partial charge in [0.05, 0.1) is 5.56 Å². The third-order valence-corrected chi connectivity index (χ3v) is 3.41. The number of nitrogen functional groups attached to an aromatic ring is 1. The van der Waals surface area contributed by atoms with Crippen LogP contribution in [0.3, 0.4) is 0 Å². The van der Waals surface area contributed by atoms with Crippen LogP contribution in [-0.2, 0) is 0 Å². The molecule has 0 heterocycles. The van der Waals surface area contributed by atoms with Crippen molar-refractivity contribution in [2.45, 2.75) is 0 Å². The summed E-state index contributed by atoms with van der Waals surface area (Å²) in [6.45, 7) is 0. The number of nitrogens with two attached hydrogens (primary N) is 1. The number of nitrogens with one attached hydrogen (secondary N) is 1. The number of amidine groups is 1. The molecule has 3 aromatic rings. The van der Waals surface area contributed by atoms with Gasteiger partial charge in [0.25, 0.3) is 0 Å². The molecule has 0 aromatic heterocycles. The highest BCUT2D eigenvalue weighted by molar-refractivity contribution is 5.99. The highest BCUT2D eigenvalue weighted by Gasteiger charge is 2.09. The predicted octanol–water partition coefficient (Wildman–Crippen LogP) is 3.48. The van der Waals surface area contributed by atoms with Crippen molar-refractivity contribution in [3.8, 4) is 5.75 Å². The lowest BCUT2D eigenvalue weighted by Crippen LogP contribution is -2.10. The van der Waals surface area contributed by atoms with Gasteiger partial charge in [0.2, 0.25) is 0 Å². The van der Waals surface area contributed by atoms with Gasteiger partial charge in [-0.2, -0.15) is 0 Å². The van der Waals surface area contributed by atoms with E-state index in [-0.39, 0.29) is 11.4 Å².